The van der Waals surface area contributed by atoms with Gasteiger partial charge in [0.25, 0.3) is 0 Å². The average Bonchev–Trinajstić information content (AvgIpc) is 3.50. The van der Waals surface area contributed by atoms with Gasteiger partial charge in [0.15, 0.2) is 23.0 Å². The third kappa shape index (κ3) is 8.14. The van der Waals surface area contributed by atoms with Gasteiger partial charge in [-0.25, -0.2) is 0 Å². The van der Waals surface area contributed by atoms with Crippen molar-refractivity contribution in [1.29, 1.82) is 0 Å². The minimum atomic E-state index is -0.974. The summed E-state index contributed by atoms with van der Waals surface area (Å²) in [7, 11) is 3.01. The average molecular weight is 602 g/mol. The quantitative estimate of drug-likeness (QED) is 0.111. The van der Waals surface area contributed by atoms with Gasteiger partial charge in [-0.15, -0.1) is 0 Å². The Bertz CT molecular complexity index is 1530. The molecule has 0 aliphatic carbocycles. The van der Waals surface area contributed by atoms with E-state index in [1.54, 1.807) is 49.6 Å². The Morgan fingerprint density at radius 1 is 0.841 bits per heavy atom. The van der Waals surface area contributed by atoms with Crippen LogP contribution >= 0.6 is 0 Å². The number of aliphatic hydroxyl groups excluding tert-OH is 1. The molecule has 3 aromatic carbocycles. The number of methoxy groups -OCH3 is 2. The number of carbonyl (C=O) groups excluding carboxylic acids is 1. The van der Waals surface area contributed by atoms with Gasteiger partial charge in [-0.2, -0.15) is 0 Å². The molecule has 0 aliphatic heterocycles. The smallest absolute Gasteiger partial charge is 0.163 e. The Kier molecular flexibility index (Phi) is 11.0. The molecule has 0 aliphatic rings. The largest absolute Gasteiger partial charge is 0.508 e. The van der Waals surface area contributed by atoms with E-state index in [4.69, 9.17) is 9.47 Å². The Labute approximate surface area is 258 Å². The van der Waals surface area contributed by atoms with Gasteiger partial charge < -0.3 is 34.9 Å². The molecule has 0 radical (unpaired) electrons. The highest BCUT2D eigenvalue weighted by atomic mass is 16.5. The standard InChI is InChI=1S/C36H43NO7/c1-22(2)14-30-26(9-11-32(40)36(30)44-4)18-27(15-24-12-13-37-21-24)33(41)20-34(42)29(25-6-5-7-28(38)19-25)16-23-8-10-31(39)35(17-23)43-3/h5-13,17,19,21-22,27,29,33,37-41H,14-16,18,20H2,1-4H3. The number of benzene rings is 3. The van der Waals surface area contributed by atoms with Crippen LogP contribution in [0.15, 0.2) is 73.1 Å². The van der Waals surface area contributed by atoms with Crippen LogP contribution in [-0.4, -0.2) is 51.5 Å². The lowest BCUT2D eigenvalue weighted by Crippen LogP contribution is -2.30. The molecular weight excluding hydrogens is 558 g/mol. The zero-order valence-corrected chi connectivity index (χ0v) is 25.8. The van der Waals surface area contributed by atoms with E-state index in [0.717, 1.165) is 22.3 Å². The third-order valence-electron chi connectivity index (χ3n) is 8.10. The molecular formula is C36H43NO7. The number of carbonyl (C=O) groups is 1. The van der Waals surface area contributed by atoms with E-state index in [9.17, 15) is 25.2 Å². The van der Waals surface area contributed by atoms with Crippen molar-refractivity contribution in [2.75, 3.05) is 14.2 Å². The van der Waals surface area contributed by atoms with Crippen molar-refractivity contribution in [3.05, 3.63) is 101 Å². The van der Waals surface area contributed by atoms with E-state index in [2.05, 4.69) is 18.8 Å². The maximum atomic E-state index is 14.0. The number of Topliss-reactive ketones (excluding diaryl/α,β-unsaturated/α-hetero) is 1. The minimum absolute atomic E-state index is 0.00204. The number of H-pyrrole nitrogens is 1. The fourth-order valence-electron chi connectivity index (χ4n) is 5.88. The molecule has 8 nitrogen and oxygen atoms in total. The van der Waals surface area contributed by atoms with Gasteiger partial charge in [-0.1, -0.05) is 38.1 Å². The number of phenols is 3. The molecule has 0 saturated carbocycles. The number of aromatic amines is 1. The molecule has 0 fully saturated rings. The SMILES string of the molecule is COc1cc(CC(C(=O)CC(O)C(Cc2cc[nH]c2)Cc2ccc(O)c(OC)c2CC(C)C)c2cccc(O)c2)ccc1O. The molecule has 8 heteroatoms. The van der Waals surface area contributed by atoms with Gasteiger partial charge in [0.2, 0.25) is 0 Å². The maximum absolute atomic E-state index is 14.0. The lowest BCUT2D eigenvalue weighted by atomic mass is 9.80. The zero-order chi connectivity index (χ0) is 31.8. The number of aromatic hydroxyl groups is 3. The summed E-state index contributed by atoms with van der Waals surface area (Å²) >= 11 is 0. The molecule has 1 heterocycles. The molecule has 0 spiro atoms. The zero-order valence-electron chi connectivity index (χ0n) is 25.8. The van der Waals surface area contributed by atoms with Gasteiger partial charge in [0, 0.05) is 30.3 Å². The second-order valence-corrected chi connectivity index (χ2v) is 11.8. The molecule has 0 bridgehead atoms. The van der Waals surface area contributed by atoms with Crippen LogP contribution in [0.3, 0.4) is 0 Å². The van der Waals surface area contributed by atoms with E-state index < -0.39 is 12.0 Å². The predicted molar refractivity (Wildman–Crippen MR) is 170 cm³/mol. The molecule has 3 atom stereocenters. The Hall–Kier alpha value is -4.43. The van der Waals surface area contributed by atoms with E-state index in [1.807, 2.05) is 24.5 Å². The number of aromatic nitrogens is 1. The van der Waals surface area contributed by atoms with Gasteiger partial charge in [0.05, 0.1) is 20.3 Å². The van der Waals surface area contributed by atoms with Crippen LogP contribution in [0, 0.1) is 11.8 Å². The first-order valence-electron chi connectivity index (χ1n) is 14.9. The third-order valence-corrected chi connectivity index (χ3v) is 8.10. The predicted octanol–water partition coefficient (Wildman–Crippen LogP) is 6.10. The van der Waals surface area contributed by atoms with Crippen molar-refractivity contribution in [3.63, 3.8) is 0 Å². The molecule has 3 unspecified atom stereocenters. The number of hydrogen-bond acceptors (Lipinski definition) is 7. The Morgan fingerprint density at radius 2 is 1.61 bits per heavy atom. The molecule has 4 aromatic rings. The summed E-state index contributed by atoms with van der Waals surface area (Å²) in [5.41, 5.74) is 4.28. The summed E-state index contributed by atoms with van der Waals surface area (Å²) in [6.07, 6.45) is 4.65. The van der Waals surface area contributed by atoms with E-state index in [0.29, 0.717) is 48.7 Å². The summed E-state index contributed by atoms with van der Waals surface area (Å²) in [6, 6.07) is 17.0. The Morgan fingerprint density at radius 3 is 2.27 bits per heavy atom. The second-order valence-electron chi connectivity index (χ2n) is 11.8. The summed E-state index contributed by atoms with van der Waals surface area (Å²) in [5, 5.41) is 42.5. The molecule has 0 amide bonds. The summed E-state index contributed by atoms with van der Waals surface area (Å²) in [6.45, 7) is 4.20. The summed E-state index contributed by atoms with van der Waals surface area (Å²) in [4.78, 5) is 17.1. The van der Waals surface area contributed by atoms with E-state index >= 15 is 0 Å². The van der Waals surface area contributed by atoms with Crippen molar-refractivity contribution < 1.29 is 34.7 Å². The van der Waals surface area contributed by atoms with E-state index in [1.165, 1.54) is 13.2 Å². The van der Waals surface area contributed by atoms with Crippen LogP contribution in [0.1, 0.15) is 54.0 Å². The first-order chi connectivity index (χ1) is 21.1. The summed E-state index contributed by atoms with van der Waals surface area (Å²) in [5.74, 6) is 0.0478. The molecule has 234 valence electrons. The maximum Gasteiger partial charge on any atom is 0.163 e. The monoisotopic (exact) mass is 601 g/mol. The molecule has 1 aromatic heterocycles. The van der Waals surface area contributed by atoms with Gasteiger partial charge in [0.1, 0.15) is 11.5 Å². The first kappa shape index (κ1) is 32.5. The Balaban J connectivity index is 1.65. The topological polar surface area (TPSA) is 132 Å². The number of ether oxygens (including phenoxy) is 2. The lowest BCUT2D eigenvalue weighted by molar-refractivity contribution is -0.123. The normalized spacial score (nSPS) is 13.4. The lowest BCUT2D eigenvalue weighted by Gasteiger charge is -2.26. The van der Waals surface area contributed by atoms with Crippen LogP contribution in [-0.2, 0) is 30.5 Å². The van der Waals surface area contributed by atoms with Crippen molar-refractivity contribution in [2.24, 2.45) is 11.8 Å². The summed E-state index contributed by atoms with van der Waals surface area (Å²) < 4.78 is 10.9. The van der Waals surface area contributed by atoms with Crippen molar-refractivity contribution in [2.45, 2.75) is 58.0 Å². The number of phenolic OH excluding ortho intramolecular Hbond substituents is 3. The molecule has 5 N–H and O–H groups in total. The number of nitrogens with one attached hydrogen (secondary N) is 1. The highest BCUT2D eigenvalue weighted by Crippen LogP contribution is 2.37. The van der Waals surface area contributed by atoms with Crippen molar-refractivity contribution in [1.82, 2.24) is 4.98 Å². The van der Waals surface area contributed by atoms with Crippen LogP contribution in [0.5, 0.6) is 28.7 Å². The molecule has 0 saturated heterocycles. The van der Waals surface area contributed by atoms with Crippen molar-refractivity contribution in [3.8, 4) is 28.7 Å². The number of ketones is 1. The van der Waals surface area contributed by atoms with Crippen LogP contribution in [0.25, 0.3) is 0 Å². The van der Waals surface area contributed by atoms with Gasteiger partial charge in [-0.05, 0) is 96.2 Å². The highest BCUT2D eigenvalue weighted by molar-refractivity contribution is 5.86. The van der Waals surface area contributed by atoms with Crippen LogP contribution in [0.2, 0.25) is 0 Å². The number of hydrogen-bond donors (Lipinski definition) is 5. The van der Waals surface area contributed by atoms with Crippen LogP contribution < -0.4 is 9.47 Å². The van der Waals surface area contributed by atoms with Crippen LogP contribution in [0.4, 0.5) is 0 Å². The minimum Gasteiger partial charge on any atom is -0.508 e. The fourth-order valence-corrected chi connectivity index (χ4v) is 5.88. The van der Waals surface area contributed by atoms with Crippen molar-refractivity contribution >= 4 is 5.78 Å². The number of rotatable bonds is 15. The number of aliphatic hydroxyl groups is 1. The first-order valence-corrected chi connectivity index (χ1v) is 14.9. The van der Waals surface area contributed by atoms with E-state index in [-0.39, 0.29) is 35.4 Å². The molecule has 44 heavy (non-hydrogen) atoms. The van der Waals surface area contributed by atoms with Gasteiger partial charge in [-0.3, -0.25) is 4.79 Å². The van der Waals surface area contributed by atoms with Gasteiger partial charge >= 0.3 is 0 Å². The fraction of sp³-hybridized carbons (Fsp3) is 0.361. The molecule has 4 rings (SSSR count). The highest BCUT2D eigenvalue weighted by Gasteiger charge is 2.30. The second kappa shape index (κ2) is 14.8.